The first-order chi connectivity index (χ1) is 9.19. The molecule has 0 aromatic heterocycles. The first kappa shape index (κ1) is 13.3. The maximum absolute atomic E-state index is 12.7. The number of urea groups is 1. The maximum Gasteiger partial charge on any atom is 0.317 e. The fraction of sp³-hybridized carbons (Fsp3) is 0.429. The lowest BCUT2D eigenvalue weighted by Crippen LogP contribution is -2.44. The van der Waals surface area contributed by atoms with Gasteiger partial charge in [-0.05, 0) is 30.5 Å². The number of halogens is 1. The number of hydrogen-bond acceptors (Lipinski definition) is 2. The molecular weight excluding hydrogens is 245 g/mol. The van der Waals surface area contributed by atoms with Gasteiger partial charge in [0.15, 0.2) is 0 Å². The molecule has 2 rings (SSSR count). The molecule has 0 aliphatic carbocycles. The third-order valence-corrected chi connectivity index (χ3v) is 3.32. The Morgan fingerprint density at radius 1 is 1.37 bits per heavy atom. The molecule has 1 aliphatic heterocycles. The fourth-order valence-electron chi connectivity index (χ4n) is 2.10. The highest BCUT2D eigenvalue weighted by atomic mass is 19.1. The maximum atomic E-state index is 12.7. The van der Waals surface area contributed by atoms with Crippen molar-refractivity contribution < 1.29 is 9.18 Å². The van der Waals surface area contributed by atoms with Gasteiger partial charge in [0.25, 0.3) is 0 Å². The zero-order chi connectivity index (χ0) is 13.7. The Morgan fingerprint density at radius 3 is 2.58 bits per heavy atom. The fourth-order valence-corrected chi connectivity index (χ4v) is 2.10. The predicted molar refractivity (Wildman–Crippen MR) is 68.5 cm³/mol. The van der Waals surface area contributed by atoms with Crippen molar-refractivity contribution in [2.24, 2.45) is 5.92 Å². The van der Waals surface area contributed by atoms with E-state index < -0.39 is 0 Å². The van der Waals surface area contributed by atoms with Gasteiger partial charge in [-0.3, -0.25) is 0 Å². The number of carbonyl (C=O) groups is 1. The Hall–Kier alpha value is -2.09. The number of benzene rings is 1. The summed E-state index contributed by atoms with van der Waals surface area (Å²) in [6.45, 7) is 1.62. The van der Waals surface area contributed by atoms with Gasteiger partial charge in [-0.15, -0.1) is 0 Å². The molecule has 19 heavy (non-hydrogen) atoms. The molecule has 5 heteroatoms. The van der Waals surface area contributed by atoms with Crippen molar-refractivity contribution in [3.63, 3.8) is 0 Å². The summed E-state index contributed by atoms with van der Waals surface area (Å²) < 4.78 is 12.7. The first-order valence-corrected chi connectivity index (χ1v) is 6.36. The average Bonchev–Trinajstić information content (AvgIpc) is 2.46. The molecule has 0 unspecified atom stereocenters. The summed E-state index contributed by atoms with van der Waals surface area (Å²) in [6, 6.07) is 8.16. The number of nitrogens with one attached hydrogen (secondary N) is 1. The van der Waals surface area contributed by atoms with E-state index in [0.717, 1.165) is 18.4 Å². The summed E-state index contributed by atoms with van der Waals surface area (Å²) in [5.74, 6) is -0.213. The van der Waals surface area contributed by atoms with Crippen LogP contribution in [-0.4, -0.2) is 24.0 Å². The van der Waals surface area contributed by atoms with E-state index in [4.69, 9.17) is 5.26 Å². The summed E-state index contributed by atoms with van der Waals surface area (Å²) in [7, 11) is 0. The Kier molecular flexibility index (Phi) is 4.35. The SMILES string of the molecule is N#CC1CCN(C(=O)NCc2ccc(F)cc2)CC1. The second-order valence-electron chi connectivity index (χ2n) is 4.68. The number of amides is 2. The number of carbonyl (C=O) groups excluding carboxylic acids is 1. The Bertz CT molecular complexity index is 472. The van der Waals surface area contributed by atoms with Crippen molar-refractivity contribution >= 4 is 6.03 Å². The number of rotatable bonds is 2. The Morgan fingerprint density at radius 2 is 2.00 bits per heavy atom. The molecule has 0 bridgehead atoms. The van der Waals surface area contributed by atoms with Gasteiger partial charge < -0.3 is 10.2 Å². The second-order valence-corrected chi connectivity index (χ2v) is 4.68. The van der Waals surface area contributed by atoms with Crippen molar-refractivity contribution in [1.29, 1.82) is 5.26 Å². The van der Waals surface area contributed by atoms with E-state index in [1.165, 1.54) is 12.1 Å². The molecule has 1 aromatic carbocycles. The summed E-state index contributed by atoms with van der Waals surface area (Å²) in [4.78, 5) is 13.6. The van der Waals surface area contributed by atoms with Crippen LogP contribution in [0.3, 0.4) is 0 Å². The first-order valence-electron chi connectivity index (χ1n) is 6.36. The highest BCUT2D eigenvalue weighted by Crippen LogP contribution is 2.15. The summed E-state index contributed by atoms with van der Waals surface area (Å²) in [5, 5.41) is 11.6. The molecule has 4 nitrogen and oxygen atoms in total. The molecule has 1 saturated heterocycles. The van der Waals surface area contributed by atoms with Gasteiger partial charge in [-0.2, -0.15) is 5.26 Å². The van der Waals surface area contributed by atoms with Crippen LogP contribution in [0.5, 0.6) is 0 Å². The summed E-state index contributed by atoms with van der Waals surface area (Å²) in [6.07, 6.45) is 1.47. The van der Waals surface area contributed by atoms with Crippen molar-refractivity contribution in [1.82, 2.24) is 10.2 Å². The second kappa shape index (κ2) is 6.19. The minimum atomic E-state index is -0.284. The number of nitrogens with zero attached hydrogens (tertiary/aromatic N) is 2. The van der Waals surface area contributed by atoms with Crippen LogP contribution in [0.2, 0.25) is 0 Å². The van der Waals surface area contributed by atoms with Crippen molar-refractivity contribution in [3.05, 3.63) is 35.6 Å². The molecule has 0 radical (unpaired) electrons. The van der Waals surface area contributed by atoms with Crippen LogP contribution in [0.4, 0.5) is 9.18 Å². The van der Waals surface area contributed by atoms with Crippen LogP contribution >= 0.6 is 0 Å². The zero-order valence-electron chi connectivity index (χ0n) is 10.6. The van der Waals surface area contributed by atoms with E-state index in [2.05, 4.69) is 11.4 Å². The third kappa shape index (κ3) is 3.68. The monoisotopic (exact) mass is 261 g/mol. The lowest BCUT2D eigenvalue weighted by molar-refractivity contribution is 0.178. The lowest BCUT2D eigenvalue weighted by atomic mass is 9.99. The van der Waals surface area contributed by atoms with E-state index >= 15 is 0 Å². The van der Waals surface area contributed by atoms with Crippen LogP contribution in [-0.2, 0) is 6.54 Å². The minimum Gasteiger partial charge on any atom is -0.334 e. The molecule has 1 N–H and O–H groups in total. The largest absolute Gasteiger partial charge is 0.334 e. The quantitative estimate of drug-likeness (QED) is 0.887. The molecule has 100 valence electrons. The van der Waals surface area contributed by atoms with Gasteiger partial charge in [-0.25, -0.2) is 9.18 Å². The van der Waals surface area contributed by atoms with E-state index in [1.807, 2.05) is 0 Å². The highest BCUT2D eigenvalue weighted by Gasteiger charge is 2.22. The van der Waals surface area contributed by atoms with Crippen LogP contribution in [0.25, 0.3) is 0 Å². The lowest BCUT2D eigenvalue weighted by Gasteiger charge is -2.29. The molecule has 1 aliphatic rings. The van der Waals surface area contributed by atoms with Crippen molar-refractivity contribution in [2.75, 3.05) is 13.1 Å². The standard InChI is InChI=1S/C14H16FN3O/c15-13-3-1-12(2-4-13)10-17-14(19)18-7-5-11(9-16)6-8-18/h1-4,11H,5-8,10H2,(H,17,19). The Labute approximate surface area is 111 Å². The van der Waals surface area contributed by atoms with Gasteiger partial charge in [-0.1, -0.05) is 12.1 Å². The van der Waals surface area contributed by atoms with Crippen LogP contribution < -0.4 is 5.32 Å². The van der Waals surface area contributed by atoms with Gasteiger partial charge in [0.2, 0.25) is 0 Å². The van der Waals surface area contributed by atoms with Crippen molar-refractivity contribution in [2.45, 2.75) is 19.4 Å². The molecule has 1 aromatic rings. The minimum absolute atomic E-state index is 0.0705. The molecule has 1 heterocycles. The van der Waals surface area contributed by atoms with E-state index in [0.29, 0.717) is 19.6 Å². The Balaban J connectivity index is 1.79. The van der Waals surface area contributed by atoms with Gasteiger partial charge in [0.1, 0.15) is 5.82 Å². The highest BCUT2D eigenvalue weighted by molar-refractivity contribution is 5.74. The van der Waals surface area contributed by atoms with Gasteiger partial charge in [0, 0.05) is 25.6 Å². The molecular formula is C14H16FN3O. The van der Waals surface area contributed by atoms with Crippen molar-refractivity contribution in [3.8, 4) is 6.07 Å². The number of piperidine rings is 1. The normalized spacial score (nSPS) is 15.9. The van der Waals surface area contributed by atoms with E-state index in [1.54, 1.807) is 17.0 Å². The average molecular weight is 261 g/mol. The summed E-state index contributed by atoms with van der Waals surface area (Å²) in [5.41, 5.74) is 0.863. The zero-order valence-corrected chi connectivity index (χ0v) is 10.6. The van der Waals surface area contributed by atoms with Crippen LogP contribution in [0, 0.1) is 23.1 Å². The third-order valence-electron chi connectivity index (χ3n) is 3.32. The van der Waals surface area contributed by atoms with Gasteiger partial charge in [0.05, 0.1) is 6.07 Å². The molecule has 0 saturated carbocycles. The number of likely N-dealkylation sites (tertiary alicyclic amines) is 1. The van der Waals surface area contributed by atoms with E-state index in [9.17, 15) is 9.18 Å². The molecule has 2 amide bonds. The topological polar surface area (TPSA) is 56.1 Å². The molecule has 1 fully saturated rings. The van der Waals surface area contributed by atoms with Crippen LogP contribution in [0.15, 0.2) is 24.3 Å². The van der Waals surface area contributed by atoms with Gasteiger partial charge >= 0.3 is 6.03 Å². The summed E-state index contributed by atoms with van der Waals surface area (Å²) >= 11 is 0. The predicted octanol–water partition coefficient (Wildman–Crippen LogP) is 2.27. The number of nitriles is 1. The van der Waals surface area contributed by atoms with Crippen LogP contribution in [0.1, 0.15) is 18.4 Å². The molecule has 0 atom stereocenters. The van der Waals surface area contributed by atoms with E-state index in [-0.39, 0.29) is 17.8 Å². The molecule has 0 spiro atoms. The number of hydrogen-bond donors (Lipinski definition) is 1. The smallest absolute Gasteiger partial charge is 0.317 e.